The van der Waals surface area contributed by atoms with Crippen LogP contribution < -0.4 is 0 Å². The van der Waals surface area contributed by atoms with Crippen molar-refractivity contribution in [2.75, 3.05) is 0 Å². The first-order valence-electron chi connectivity index (χ1n) is 22.4. The molecule has 0 saturated carbocycles. The van der Waals surface area contributed by atoms with Gasteiger partial charge < -0.3 is 4.57 Å². The highest BCUT2D eigenvalue weighted by atomic mass is 15.0. The fraction of sp³-hybridized carbons (Fsp3) is 0.203. The zero-order valence-corrected chi connectivity index (χ0v) is 35.7. The molecule has 61 heavy (non-hydrogen) atoms. The van der Waals surface area contributed by atoms with Crippen LogP contribution in [0, 0.1) is 17.8 Å². The Bertz CT molecular complexity index is 3370. The van der Waals surface area contributed by atoms with Gasteiger partial charge in [-0.1, -0.05) is 174 Å². The number of nitrogens with zero attached hydrogens (tertiary/aromatic N) is 2. The summed E-state index contributed by atoms with van der Waals surface area (Å²) in [4.78, 5) is 5.93. The van der Waals surface area contributed by atoms with Gasteiger partial charge in [0.05, 0.1) is 22.8 Å². The lowest BCUT2D eigenvalue weighted by molar-refractivity contribution is 0.267. The van der Waals surface area contributed by atoms with Crippen molar-refractivity contribution in [2.45, 2.75) is 58.4 Å². The Kier molecular flexibility index (Phi) is 8.04. The van der Waals surface area contributed by atoms with Crippen LogP contribution in [0.25, 0.3) is 70.9 Å². The van der Waals surface area contributed by atoms with Gasteiger partial charge in [0, 0.05) is 33.2 Å². The Hall–Kier alpha value is -6.51. The minimum atomic E-state index is -0.0633. The molecule has 2 heterocycles. The summed E-state index contributed by atoms with van der Waals surface area (Å²) in [5.41, 5.74) is 14.4. The van der Waals surface area contributed by atoms with Gasteiger partial charge in [-0.2, -0.15) is 0 Å². The van der Waals surface area contributed by atoms with Crippen LogP contribution in [0.1, 0.15) is 80.8 Å². The molecule has 1 aliphatic carbocycles. The van der Waals surface area contributed by atoms with Gasteiger partial charge in [0.25, 0.3) is 0 Å². The normalized spacial score (nSPS) is 21.0. The summed E-state index contributed by atoms with van der Waals surface area (Å²) < 4.78 is 2.55. The first-order chi connectivity index (χ1) is 29.8. The Morgan fingerprint density at radius 3 is 1.84 bits per heavy atom. The van der Waals surface area contributed by atoms with Gasteiger partial charge in [-0.05, 0) is 120 Å². The fourth-order valence-corrected chi connectivity index (χ4v) is 12.2. The third kappa shape index (κ3) is 5.12. The van der Waals surface area contributed by atoms with E-state index in [0.29, 0.717) is 23.7 Å². The number of aromatic nitrogens is 1. The largest absolute Gasteiger partial charge is 0.309 e. The molecule has 0 bridgehead atoms. The van der Waals surface area contributed by atoms with E-state index in [1.807, 2.05) is 0 Å². The molecular weight excluding hydrogens is 737 g/mol. The van der Waals surface area contributed by atoms with Crippen LogP contribution >= 0.6 is 0 Å². The van der Waals surface area contributed by atoms with Gasteiger partial charge in [-0.3, -0.25) is 4.99 Å². The van der Waals surface area contributed by atoms with E-state index in [-0.39, 0.29) is 11.5 Å². The van der Waals surface area contributed by atoms with E-state index in [4.69, 9.17) is 4.99 Å². The summed E-state index contributed by atoms with van der Waals surface area (Å²) in [5, 5.41) is 10.6. The Labute approximate surface area is 358 Å². The van der Waals surface area contributed by atoms with Crippen LogP contribution in [0.15, 0.2) is 175 Å². The second kappa shape index (κ2) is 13.5. The van der Waals surface area contributed by atoms with E-state index >= 15 is 0 Å². The summed E-state index contributed by atoms with van der Waals surface area (Å²) in [6, 6.07) is 64.1. The molecule has 0 N–H and O–H groups in total. The van der Waals surface area contributed by atoms with Gasteiger partial charge in [0.2, 0.25) is 0 Å². The van der Waals surface area contributed by atoms with Crippen molar-refractivity contribution in [3.63, 3.8) is 0 Å². The molecule has 296 valence electrons. The van der Waals surface area contributed by atoms with Crippen molar-refractivity contribution in [1.29, 1.82) is 0 Å². The average Bonchev–Trinajstić information content (AvgIpc) is 3.72. The predicted octanol–water partition coefficient (Wildman–Crippen LogP) is 15.6. The Balaban J connectivity index is 1.09. The van der Waals surface area contributed by atoms with E-state index in [1.54, 1.807) is 0 Å². The van der Waals surface area contributed by atoms with Crippen LogP contribution in [-0.2, 0) is 5.41 Å². The first kappa shape index (κ1) is 36.4. The SMILES string of the molecule is CCC1C(c2ccccc2)=NC(c2ccc(-n3c4cccc5c6cc7c(cc6c6cccc3c6c54)C(C)(C)c3ccccc3-7)c3ccccc23)C(C)C(C)C1c1ccccc1. The van der Waals surface area contributed by atoms with Gasteiger partial charge >= 0.3 is 0 Å². The van der Waals surface area contributed by atoms with Crippen molar-refractivity contribution >= 4 is 59.8 Å². The second-order valence-electron chi connectivity index (χ2n) is 18.6. The zero-order valence-electron chi connectivity index (χ0n) is 35.7. The van der Waals surface area contributed by atoms with Gasteiger partial charge in [0.15, 0.2) is 0 Å². The molecule has 5 atom stereocenters. The number of hydrogen-bond acceptors (Lipinski definition) is 1. The van der Waals surface area contributed by atoms with Crippen LogP contribution in [0.3, 0.4) is 0 Å². The zero-order chi connectivity index (χ0) is 41.1. The summed E-state index contributed by atoms with van der Waals surface area (Å²) in [5.74, 6) is 1.37. The average molecular weight is 787 g/mol. The number of fused-ring (bicyclic) bond motifs is 7. The molecule has 0 fully saturated rings. The lowest BCUT2D eigenvalue weighted by Crippen LogP contribution is -2.28. The smallest absolute Gasteiger partial charge is 0.0786 e. The summed E-state index contributed by atoms with van der Waals surface area (Å²) in [7, 11) is 0. The van der Waals surface area contributed by atoms with E-state index in [2.05, 4.69) is 209 Å². The van der Waals surface area contributed by atoms with Crippen LogP contribution in [0.4, 0.5) is 0 Å². The number of benzene rings is 9. The molecule has 1 aliphatic heterocycles. The van der Waals surface area contributed by atoms with Gasteiger partial charge in [-0.15, -0.1) is 0 Å². The van der Waals surface area contributed by atoms with Gasteiger partial charge in [-0.25, -0.2) is 0 Å². The predicted molar refractivity (Wildman–Crippen MR) is 259 cm³/mol. The Morgan fingerprint density at radius 2 is 1.13 bits per heavy atom. The molecule has 0 spiro atoms. The van der Waals surface area contributed by atoms with Crippen molar-refractivity contribution < 1.29 is 0 Å². The molecule has 0 saturated heterocycles. The molecule has 2 nitrogen and oxygen atoms in total. The van der Waals surface area contributed by atoms with Crippen molar-refractivity contribution in [3.8, 4) is 16.8 Å². The summed E-state index contributed by atoms with van der Waals surface area (Å²) in [6.45, 7) is 12.1. The molecule has 10 aromatic rings. The van der Waals surface area contributed by atoms with E-state index in [0.717, 1.165) is 6.42 Å². The molecule has 2 heteroatoms. The maximum atomic E-state index is 5.93. The molecular formula is C59H50N2. The molecule has 5 unspecified atom stereocenters. The standard InChI is InChI=1S/C59H50N2/c1-6-39-54(37-19-9-7-10-20-37)35(2)36(3)57(60-58(39)38-21-11-8-12-22-38)45-31-32-51(42-25-14-13-23-40(42)45)61-52-29-17-26-43-46-33-48-41-24-15-16-28-49(41)59(4,5)50(48)34-47(46)44-27-18-30-53(61)56(44)55(43)52/h7-36,39,54,57H,6H2,1-5H3. The lowest BCUT2D eigenvalue weighted by atomic mass is 9.69. The third-order valence-electron chi connectivity index (χ3n) is 15.3. The third-order valence-corrected chi connectivity index (χ3v) is 15.3. The highest BCUT2D eigenvalue weighted by molar-refractivity contribution is 6.35. The lowest BCUT2D eigenvalue weighted by Gasteiger charge is -2.34. The highest BCUT2D eigenvalue weighted by Crippen LogP contribution is 2.53. The molecule has 9 aromatic carbocycles. The molecule has 0 amide bonds. The minimum absolute atomic E-state index is 0.00353. The molecule has 1 aromatic heterocycles. The van der Waals surface area contributed by atoms with Crippen LogP contribution in [0.2, 0.25) is 0 Å². The summed E-state index contributed by atoms with van der Waals surface area (Å²) in [6.07, 6.45) is 1.03. The molecule has 2 aliphatic rings. The maximum absolute atomic E-state index is 5.93. The topological polar surface area (TPSA) is 17.3 Å². The molecule has 0 radical (unpaired) electrons. The van der Waals surface area contributed by atoms with E-state index in [1.165, 1.54) is 104 Å². The number of aliphatic imine (C=N–C) groups is 1. The van der Waals surface area contributed by atoms with Gasteiger partial charge in [0.1, 0.15) is 0 Å². The first-order valence-corrected chi connectivity index (χ1v) is 22.4. The van der Waals surface area contributed by atoms with Crippen molar-refractivity contribution in [3.05, 3.63) is 198 Å². The fourth-order valence-electron chi connectivity index (χ4n) is 12.2. The summed E-state index contributed by atoms with van der Waals surface area (Å²) >= 11 is 0. The van der Waals surface area contributed by atoms with Crippen LogP contribution in [0.5, 0.6) is 0 Å². The van der Waals surface area contributed by atoms with Crippen molar-refractivity contribution in [2.24, 2.45) is 22.7 Å². The van der Waals surface area contributed by atoms with E-state index < -0.39 is 0 Å². The molecule has 12 rings (SSSR count). The minimum Gasteiger partial charge on any atom is -0.309 e. The highest BCUT2D eigenvalue weighted by Gasteiger charge is 2.41. The second-order valence-corrected chi connectivity index (χ2v) is 18.6. The monoisotopic (exact) mass is 786 g/mol. The maximum Gasteiger partial charge on any atom is 0.0786 e. The Morgan fingerprint density at radius 1 is 0.525 bits per heavy atom. The number of rotatable bonds is 5. The van der Waals surface area contributed by atoms with E-state index in [9.17, 15) is 0 Å². The van der Waals surface area contributed by atoms with Crippen LogP contribution in [-0.4, -0.2) is 10.3 Å². The van der Waals surface area contributed by atoms with Crippen molar-refractivity contribution in [1.82, 2.24) is 4.57 Å². The number of hydrogen-bond donors (Lipinski definition) is 0. The quantitative estimate of drug-likeness (QED) is 0.155.